The topological polar surface area (TPSA) is 89.1 Å². The number of carbonyl (C=O) groups is 2. The highest BCUT2D eigenvalue weighted by Crippen LogP contribution is 2.28. The summed E-state index contributed by atoms with van der Waals surface area (Å²) < 4.78 is 16.6. The van der Waals surface area contributed by atoms with Crippen LogP contribution in [0.15, 0.2) is 18.2 Å². The van der Waals surface area contributed by atoms with Crippen molar-refractivity contribution in [2.45, 2.75) is 31.9 Å². The van der Waals surface area contributed by atoms with Crippen LogP contribution in [0, 0.1) is 0 Å². The lowest BCUT2D eigenvalue weighted by Crippen LogP contribution is -2.47. The number of nitrogens with one attached hydrogen (secondary N) is 2. The largest absolute Gasteiger partial charge is 0.493 e. The van der Waals surface area contributed by atoms with Crippen LogP contribution in [0.25, 0.3) is 0 Å². The first-order valence-corrected chi connectivity index (χ1v) is 9.84. The summed E-state index contributed by atoms with van der Waals surface area (Å²) in [4.78, 5) is 25.5. The minimum Gasteiger partial charge on any atom is -0.493 e. The number of amides is 2. The molecule has 2 saturated heterocycles. The number of carbonyl (C=O) groups excluding carboxylic acids is 2. The molecular weight excluding hydrogens is 362 g/mol. The summed E-state index contributed by atoms with van der Waals surface area (Å²) in [5.41, 5.74) is 1.07. The average Bonchev–Trinajstić information content (AvgIpc) is 3.23. The summed E-state index contributed by atoms with van der Waals surface area (Å²) in [5, 5.41) is 5.72. The monoisotopic (exact) mass is 391 g/mol. The maximum absolute atomic E-state index is 11.9. The Morgan fingerprint density at radius 1 is 1.39 bits per heavy atom. The van der Waals surface area contributed by atoms with Crippen LogP contribution in [0.2, 0.25) is 0 Å². The zero-order valence-electron chi connectivity index (χ0n) is 16.4. The number of benzene rings is 1. The predicted molar refractivity (Wildman–Crippen MR) is 103 cm³/mol. The van der Waals surface area contributed by atoms with Crippen LogP contribution in [0.3, 0.4) is 0 Å². The Morgan fingerprint density at radius 3 is 3.04 bits per heavy atom. The van der Waals surface area contributed by atoms with E-state index in [1.54, 1.807) is 7.11 Å². The Hall–Kier alpha value is -2.32. The molecule has 1 atom stereocenters. The minimum atomic E-state index is -0.297. The van der Waals surface area contributed by atoms with E-state index in [1.165, 1.54) is 0 Å². The molecule has 0 spiro atoms. The van der Waals surface area contributed by atoms with Gasteiger partial charge in [0.1, 0.15) is 6.10 Å². The van der Waals surface area contributed by atoms with E-state index in [4.69, 9.17) is 14.2 Å². The zero-order chi connectivity index (χ0) is 19.8. The molecule has 0 saturated carbocycles. The van der Waals surface area contributed by atoms with Crippen LogP contribution in [-0.4, -0.2) is 69.3 Å². The maximum Gasteiger partial charge on any atom is 0.249 e. The number of rotatable bonds is 9. The zero-order valence-corrected chi connectivity index (χ0v) is 16.4. The molecule has 1 aromatic carbocycles. The van der Waals surface area contributed by atoms with Crippen molar-refractivity contribution in [1.82, 2.24) is 15.5 Å². The van der Waals surface area contributed by atoms with Crippen molar-refractivity contribution in [2.75, 3.05) is 46.5 Å². The standard InChI is InChI=1S/C20H29N3O5/c1-26-16-6-5-15(13-23-9-8-21-19(24)14-23)12-18(16)28-11-3-7-22-20(25)17-4-2-10-27-17/h5-6,12,17H,2-4,7-11,13-14H2,1H3,(H,21,24)(H,22,25)/t17-/m0/s1. The van der Waals surface area contributed by atoms with Crippen LogP contribution < -0.4 is 20.1 Å². The normalized spacial score (nSPS) is 19.9. The van der Waals surface area contributed by atoms with Gasteiger partial charge in [-0.3, -0.25) is 14.5 Å². The van der Waals surface area contributed by atoms with Gasteiger partial charge in [0, 0.05) is 32.8 Å². The highest BCUT2D eigenvalue weighted by atomic mass is 16.5. The molecule has 2 aliphatic rings. The lowest BCUT2D eigenvalue weighted by atomic mass is 10.1. The minimum absolute atomic E-state index is 0.0392. The Morgan fingerprint density at radius 2 is 2.29 bits per heavy atom. The highest BCUT2D eigenvalue weighted by molar-refractivity contribution is 5.80. The molecule has 3 rings (SSSR count). The first kappa shape index (κ1) is 20.4. The van der Waals surface area contributed by atoms with Crippen LogP contribution in [0.4, 0.5) is 0 Å². The van der Waals surface area contributed by atoms with Gasteiger partial charge in [-0.1, -0.05) is 6.07 Å². The molecule has 154 valence electrons. The van der Waals surface area contributed by atoms with E-state index in [-0.39, 0.29) is 17.9 Å². The SMILES string of the molecule is COc1ccc(CN2CCNC(=O)C2)cc1OCCCNC(=O)[C@@H]1CCCO1. The Labute approximate surface area is 165 Å². The molecule has 2 heterocycles. The van der Waals surface area contributed by atoms with Gasteiger partial charge < -0.3 is 24.8 Å². The van der Waals surface area contributed by atoms with Gasteiger partial charge >= 0.3 is 0 Å². The molecule has 2 aliphatic heterocycles. The van der Waals surface area contributed by atoms with Gasteiger partial charge in [0.05, 0.1) is 20.3 Å². The van der Waals surface area contributed by atoms with Crippen molar-refractivity contribution in [2.24, 2.45) is 0 Å². The number of nitrogens with zero attached hydrogens (tertiary/aromatic N) is 1. The molecule has 0 bridgehead atoms. The number of piperazine rings is 1. The van der Waals surface area contributed by atoms with Gasteiger partial charge in [0.25, 0.3) is 0 Å². The molecule has 0 radical (unpaired) electrons. The van der Waals surface area contributed by atoms with Crippen LogP contribution in [0.5, 0.6) is 11.5 Å². The summed E-state index contributed by atoms with van der Waals surface area (Å²) >= 11 is 0. The molecule has 8 heteroatoms. The van der Waals surface area contributed by atoms with Crippen LogP contribution in [-0.2, 0) is 20.9 Å². The molecule has 1 aromatic rings. The molecule has 2 N–H and O–H groups in total. The van der Waals surface area contributed by atoms with Crippen LogP contribution >= 0.6 is 0 Å². The van der Waals surface area contributed by atoms with E-state index >= 15 is 0 Å². The van der Waals surface area contributed by atoms with Crippen LogP contribution in [0.1, 0.15) is 24.8 Å². The van der Waals surface area contributed by atoms with Gasteiger partial charge in [-0.15, -0.1) is 0 Å². The first-order valence-electron chi connectivity index (χ1n) is 9.84. The third-order valence-electron chi connectivity index (χ3n) is 4.85. The van der Waals surface area contributed by atoms with Crippen molar-refractivity contribution < 1.29 is 23.8 Å². The average molecular weight is 391 g/mol. The van der Waals surface area contributed by atoms with Crippen molar-refractivity contribution in [1.29, 1.82) is 0 Å². The number of ether oxygens (including phenoxy) is 3. The van der Waals surface area contributed by atoms with E-state index in [2.05, 4.69) is 15.5 Å². The second-order valence-corrected chi connectivity index (χ2v) is 7.04. The second-order valence-electron chi connectivity index (χ2n) is 7.04. The maximum atomic E-state index is 11.9. The summed E-state index contributed by atoms with van der Waals surface area (Å²) in [6, 6.07) is 5.82. The molecular formula is C20H29N3O5. The third-order valence-corrected chi connectivity index (χ3v) is 4.85. The molecule has 28 heavy (non-hydrogen) atoms. The van der Waals surface area contributed by atoms with Gasteiger partial charge in [-0.25, -0.2) is 0 Å². The molecule has 0 unspecified atom stereocenters. The second kappa shape index (κ2) is 10.3. The summed E-state index contributed by atoms with van der Waals surface area (Å²) in [6.07, 6.45) is 2.14. The fourth-order valence-electron chi connectivity index (χ4n) is 3.38. The van der Waals surface area contributed by atoms with E-state index in [0.717, 1.165) is 24.9 Å². The Kier molecular flexibility index (Phi) is 7.50. The van der Waals surface area contributed by atoms with Gasteiger partial charge in [-0.05, 0) is 37.0 Å². The van der Waals surface area contributed by atoms with E-state index in [1.807, 2.05) is 18.2 Å². The third kappa shape index (κ3) is 5.84. The predicted octanol–water partition coefficient (Wildman–Crippen LogP) is 0.691. The van der Waals surface area contributed by atoms with Gasteiger partial charge in [0.15, 0.2) is 11.5 Å². The smallest absolute Gasteiger partial charge is 0.249 e. The number of hydrogen-bond acceptors (Lipinski definition) is 6. The number of hydrogen-bond donors (Lipinski definition) is 2. The molecule has 8 nitrogen and oxygen atoms in total. The van der Waals surface area contributed by atoms with E-state index in [0.29, 0.717) is 57.3 Å². The van der Waals surface area contributed by atoms with E-state index < -0.39 is 0 Å². The Balaban J connectivity index is 1.45. The lowest BCUT2D eigenvalue weighted by Gasteiger charge is -2.26. The fraction of sp³-hybridized carbons (Fsp3) is 0.600. The molecule has 0 aliphatic carbocycles. The summed E-state index contributed by atoms with van der Waals surface area (Å²) in [5.74, 6) is 1.36. The highest BCUT2D eigenvalue weighted by Gasteiger charge is 2.22. The number of methoxy groups -OCH3 is 1. The lowest BCUT2D eigenvalue weighted by molar-refractivity contribution is -0.130. The van der Waals surface area contributed by atoms with Crippen molar-refractivity contribution >= 4 is 11.8 Å². The van der Waals surface area contributed by atoms with Gasteiger partial charge in [0.2, 0.25) is 11.8 Å². The fourth-order valence-corrected chi connectivity index (χ4v) is 3.38. The van der Waals surface area contributed by atoms with Crippen molar-refractivity contribution in [3.8, 4) is 11.5 Å². The summed E-state index contributed by atoms with van der Waals surface area (Å²) in [7, 11) is 1.61. The molecule has 0 aromatic heterocycles. The van der Waals surface area contributed by atoms with Gasteiger partial charge in [-0.2, -0.15) is 0 Å². The quantitative estimate of drug-likeness (QED) is 0.602. The van der Waals surface area contributed by atoms with E-state index in [9.17, 15) is 9.59 Å². The van der Waals surface area contributed by atoms with Crippen molar-refractivity contribution in [3.63, 3.8) is 0 Å². The summed E-state index contributed by atoms with van der Waals surface area (Å²) in [6.45, 7) is 4.28. The molecule has 2 fully saturated rings. The first-order chi connectivity index (χ1) is 13.7. The molecule has 2 amide bonds. The Bertz CT molecular complexity index is 676. The van der Waals surface area contributed by atoms with Crippen molar-refractivity contribution in [3.05, 3.63) is 23.8 Å².